The summed E-state index contributed by atoms with van der Waals surface area (Å²) in [5, 5.41) is 0. The van der Waals surface area contributed by atoms with Gasteiger partial charge in [0.1, 0.15) is 6.10 Å². The number of carbonyl (C=O) groups is 2. The van der Waals surface area contributed by atoms with E-state index in [4.69, 9.17) is 9.47 Å². The maximum atomic E-state index is 12.7. The van der Waals surface area contributed by atoms with Crippen molar-refractivity contribution in [3.8, 4) is 0 Å². The number of rotatable bonds is 5. The number of hydrogen-bond acceptors (Lipinski definition) is 4. The van der Waals surface area contributed by atoms with Crippen LogP contribution in [0.3, 0.4) is 0 Å². The Morgan fingerprint density at radius 1 is 1.22 bits per heavy atom. The standard InChI is InChI=1S/C19H32O4/c1-11(2)14-8-7-12(3)9-16(14)23-18(21)17-15(19(17,5)6)10-22-13(4)20/h11-12,14-17H,7-10H2,1-6H3. The van der Waals surface area contributed by atoms with Gasteiger partial charge in [0.2, 0.25) is 0 Å². The van der Waals surface area contributed by atoms with Crippen LogP contribution in [0, 0.1) is 35.0 Å². The van der Waals surface area contributed by atoms with Crippen molar-refractivity contribution in [3.63, 3.8) is 0 Å². The van der Waals surface area contributed by atoms with Gasteiger partial charge < -0.3 is 9.47 Å². The third kappa shape index (κ3) is 4.07. The summed E-state index contributed by atoms with van der Waals surface area (Å²) in [7, 11) is 0. The molecule has 4 heteroatoms. The number of hydrogen-bond donors (Lipinski definition) is 0. The Morgan fingerprint density at radius 3 is 2.43 bits per heavy atom. The van der Waals surface area contributed by atoms with Crippen LogP contribution in [0.15, 0.2) is 0 Å². The summed E-state index contributed by atoms with van der Waals surface area (Å²) in [5.74, 6) is 1.15. The SMILES string of the molecule is CC(=O)OCC1C(C(=O)OC2CC(C)CCC2C(C)C)C1(C)C. The molecule has 5 unspecified atom stereocenters. The molecule has 0 saturated heterocycles. The van der Waals surface area contributed by atoms with E-state index < -0.39 is 0 Å². The fourth-order valence-corrected chi connectivity index (χ4v) is 4.20. The maximum Gasteiger partial charge on any atom is 0.310 e. The van der Waals surface area contributed by atoms with E-state index in [1.807, 2.05) is 0 Å². The Balaban J connectivity index is 1.96. The van der Waals surface area contributed by atoms with Crippen LogP contribution in [-0.4, -0.2) is 24.6 Å². The van der Waals surface area contributed by atoms with Crippen molar-refractivity contribution >= 4 is 11.9 Å². The first-order valence-corrected chi connectivity index (χ1v) is 8.98. The fourth-order valence-electron chi connectivity index (χ4n) is 4.20. The van der Waals surface area contributed by atoms with Gasteiger partial charge in [-0.1, -0.05) is 41.0 Å². The van der Waals surface area contributed by atoms with Crippen molar-refractivity contribution in [2.75, 3.05) is 6.61 Å². The first-order chi connectivity index (χ1) is 10.6. The van der Waals surface area contributed by atoms with Crippen LogP contribution in [0.25, 0.3) is 0 Å². The molecule has 2 fully saturated rings. The first kappa shape index (κ1) is 18.3. The van der Waals surface area contributed by atoms with Gasteiger partial charge in [-0.15, -0.1) is 0 Å². The average molecular weight is 324 g/mol. The Labute approximate surface area is 140 Å². The molecule has 0 amide bonds. The van der Waals surface area contributed by atoms with Crippen LogP contribution in [0.2, 0.25) is 0 Å². The topological polar surface area (TPSA) is 52.6 Å². The van der Waals surface area contributed by atoms with Gasteiger partial charge in [0.25, 0.3) is 0 Å². The molecule has 2 rings (SSSR count). The van der Waals surface area contributed by atoms with Gasteiger partial charge in [0.05, 0.1) is 12.5 Å². The Bertz CT molecular complexity index is 454. The lowest BCUT2D eigenvalue weighted by Gasteiger charge is -2.36. The number of ether oxygens (including phenoxy) is 2. The van der Waals surface area contributed by atoms with Crippen LogP contribution < -0.4 is 0 Å². The summed E-state index contributed by atoms with van der Waals surface area (Å²) >= 11 is 0. The summed E-state index contributed by atoms with van der Waals surface area (Å²) < 4.78 is 11.1. The molecular formula is C19H32O4. The van der Waals surface area contributed by atoms with E-state index in [1.54, 1.807) is 0 Å². The van der Waals surface area contributed by atoms with Gasteiger partial charge >= 0.3 is 11.9 Å². The highest BCUT2D eigenvalue weighted by atomic mass is 16.5. The molecule has 5 atom stereocenters. The third-order valence-corrected chi connectivity index (χ3v) is 6.00. The summed E-state index contributed by atoms with van der Waals surface area (Å²) in [6.45, 7) is 12.5. The predicted octanol–water partition coefficient (Wildman–Crippen LogP) is 3.83. The van der Waals surface area contributed by atoms with Gasteiger partial charge in [-0.05, 0) is 36.0 Å². The van der Waals surface area contributed by atoms with E-state index >= 15 is 0 Å². The zero-order chi connectivity index (χ0) is 17.4. The number of carbonyl (C=O) groups excluding carboxylic acids is 2. The van der Waals surface area contributed by atoms with Crippen molar-refractivity contribution in [3.05, 3.63) is 0 Å². The van der Waals surface area contributed by atoms with E-state index in [0.717, 1.165) is 12.8 Å². The summed E-state index contributed by atoms with van der Waals surface area (Å²) in [4.78, 5) is 23.7. The summed E-state index contributed by atoms with van der Waals surface area (Å²) in [5.41, 5.74) is -0.139. The van der Waals surface area contributed by atoms with Crippen molar-refractivity contribution in [2.24, 2.45) is 35.0 Å². The molecule has 2 saturated carbocycles. The van der Waals surface area contributed by atoms with Crippen LogP contribution in [-0.2, 0) is 19.1 Å². The van der Waals surface area contributed by atoms with E-state index in [9.17, 15) is 9.59 Å². The highest BCUT2D eigenvalue weighted by Gasteiger charge is 2.63. The molecule has 0 radical (unpaired) electrons. The van der Waals surface area contributed by atoms with Crippen molar-refractivity contribution in [1.82, 2.24) is 0 Å². The molecular weight excluding hydrogens is 292 g/mol. The first-order valence-electron chi connectivity index (χ1n) is 8.98. The zero-order valence-corrected chi connectivity index (χ0v) is 15.4. The molecule has 0 aliphatic heterocycles. The van der Waals surface area contributed by atoms with E-state index in [0.29, 0.717) is 24.4 Å². The average Bonchev–Trinajstić information content (AvgIpc) is 2.97. The minimum absolute atomic E-state index is 0.0389. The number of esters is 2. The predicted molar refractivity (Wildman–Crippen MR) is 88.6 cm³/mol. The van der Waals surface area contributed by atoms with Gasteiger partial charge in [-0.3, -0.25) is 9.59 Å². The Morgan fingerprint density at radius 2 is 1.87 bits per heavy atom. The lowest BCUT2D eigenvalue weighted by Crippen LogP contribution is -2.36. The van der Waals surface area contributed by atoms with E-state index in [1.165, 1.54) is 13.3 Å². The van der Waals surface area contributed by atoms with Crippen molar-refractivity contribution in [1.29, 1.82) is 0 Å². The molecule has 0 bridgehead atoms. The molecule has 0 aromatic rings. The molecule has 132 valence electrons. The van der Waals surface area contributed by atoms with Gasteiger partial charge in [-0.2, -0.15) is 0 Å². The highest BCUT2D eigenvalue weighted by Crippen LogP contribution is 2.59. The summed E-state index contributed by atoms with van der Waals surface area (Å²) in [6.07, 6.45) is 3.37. The molecule has 4 nitrogen and oxygen atoms in total. The molecule has 0 aromatic carbocycles. The third-order valence-electron chi connectivity index (χ3n) is 6.00. The lowest BCUT2D eigenvalue weighted by molar-refractivity contribution is -0.159. The molecule has 0 N–H and O–H groups in total. The monoisotopic (exact) mass is 324 g/mol. The van der Waals surface area contributed by atoms with Crippen LogP contribution in [0.1, 0.15) is 60.8 Å². The second-order valence-corrected chi connectivity index (χ2v) is 8.51. The second-order valence-electron chi connectivity index (χ2n) is 8.51. The lowest BCUT2D eigenvalue weighted by atomic mass is 9.75. The Kier molecular flexibility index (Phi) is 5.42. The quantitative estimate of drug-likeness (QED) is 0.721. The van der Waals surface area contributed by atoms with Crippen LogP contribution >= 0.6 is 0 Å². The van der Waals surface area contributed by atoms with E-state index in [-0.39, 0.29) is 35.3 Å². The van der Waals surface area contributed by atoms with Crippen LogP contribution in [0.5, 0.6) is 0 Å². The second kappa shape index (κ2) is 6.82. The molecule has 0 spiro atoms. The maximum absolute atomic E-state index is 12.7. The molecule has 2 aliphatic rings. The smallest absolute Gasteiger partial charge is 0.310 e. The molecule has 23 heavy (non-hydrogen) atoms. The van der Waals surface area contributed by atoms with Crippen molar-refractivity contribution in [2.45, 2.75) is 66.9 Å². The van der Waals surface area contributed by atoms with Crippen LogP contribution in [0.4, 0.5) is 0 Å². The minimum Gasteiger partial charge on any atom is -0.466 e. The van der Waals surface area contributed by atoms with Gasteiger partial charge in [0, 0.05) is 12.8 Å². The Hall–Kier alpha value is -1.06. The molecule has 2 aliphatic carbocycles. The van der Waals surface area contributed by atoms with Gasteiger partial charge in [0.15, 0.2) is 0 Å². The van der Waals surface area contributed by atoms with Crippen molar-refractivity contribution < 1.29 is 19.1 Å². The zero-order valence-electron chi connectivity index (χ0n) is 15.4. The summed E-state index contributed by atoms with van der Waals surface area (Å²) in [6, 6.07) is 0. The fraction of sp³-hybridized carbons (Fsp3) is 0.895. The normalized spacial score (nSPS) is 35.7. The molecule has 0 aromatic heterocycles. The minimum atomic E-state index is -0.291. The molecule has 0 heterocycles. The highest BCUT2D eigenvalue weighted by molar-refractivity contribution is 5.78. The van der Waals surface area contributed by atoms with E-state index in [2.05, 4.69) is 34.6 Å². The largest absolute Gasteiger partial charge is 0.466 e. The van der Waals surface area contributed by atoms with Gasteiger partial charge in [-0.25, -0.2) is 0 Å².